The summed E-state index contributed by atoms with van der Waals surface area (Å²) in [6.45, 7) is -0.577. The fourth-order valence-corrected chi connectivity index (χ4v) is 0.712. The Morgan fingerprint density at radius 3 is 1.41 bits per heavy atom. The fraction of sp³-hybridized carbons (Fsp3) is 0.625. The number of hydrogen-bond acceptors (Lipinski definition) is 6. The Kier molecular flexibility index (Phi) is 14.7. The Hall–Kier alpha value is -0.670. The second-order valence-corrected chi connectivity index (χ2v) is 3.38. The first-order valence-corrected chi connectivity index (χ1v) is 6.48. The van der Waals surface area contributed by atoms with Crippen LogP contribution in [0.1, 0.15) is 0 Å². The lowest BCUT2D eigenvalue weighted by Gasteiger charge is -2.02. The van der Waals surface area contributed by atoms with E-state index in [0.717, 1.165) is 0 Å². The Labute approximate surface area is 114 Å². The lowest BCUT2D eigenvalue weighted by Crippen LogP contribution is -2.14. The molecule has 0 saturated heterocycles. The largest absolute Gasteiger partial charge is 0.480 e. The Balaban J connectivity index is 0. The van der Waals surface area contributed by atoms with Gasteiger partial charge in [-0.3, -0.25) is 9.59 Å². The van der Waals surface area contributed by atoms with E-state index in [1.165, 1.54) is 0 Å². The molecule has 0 rings (SSSR count). The van der Waals surface area contributed by atoms with E-state index in [-0.39, 0.29) is 35.8 Å². The van der Waals surface area contributed by atoms with Crippen LogP contribution in [0.5, 0.6) is 0 Å². The highest BCUT2D eigenvalue weighted by atomic mass is 79.9. The maximum Gasteiger partial charge on any atom is 0.329 e. The molecule has 17 heavy (non-hydrogen) atoms. The topological polar surface area (TPSA) is 110 Å². The van der Waals surface area contributed by atoms with Crippen LogP contribution >= 0.6 is 31.9 Å². The molecule has 0 heterocycles. The van der Waals surface area contributed by atoms with Gasteiger partial charge in [0.2, 0.25) is 0 Å². The first kappa shape index (κ1) is 18.7. The number of aliphatic hydroxyl groups is 1. The van der Waals surface area contributed by atoms with Gasteiger partial charge < -0.3 is 19.7 Å². The molecular formula is C8H12Br2O7. The summed E-state index contributed by atoms with van der Waals surface area (Å²) in [7, 11) is 0. The molecule has 7 nitrogen and oxygen atoms in total. The van der Waals surface area contributed by atoms with Crippen molar-refractivity contribution in [2.24, 2.45) is 0 Å². The zero-order valence-corrected chi connectivity index (χ0v) is 11.9. The lowest BCUT2D eigenvalue weighted by atomic mass is 10.7. The van der Waals surface area contributed by atoms with Gasteiger partial charge in [0.1, 0.15) is 30.5 Å². The minimum atomic E-state index is -1.19. The minimum absolute atomic E-state index is 0.100. The summed E-state index contributed by atoms with van der Waals surface area (Å²) in [5, 5.41) is 15.3. The van der Waals surface area contributed by atoms with E-state index in [9.17, 15) is 9.59 Å². The number of aliphatic carboxylic acids is 1. The van der Waals surface area contributed by atoms with Crippen molar-refractivity contribution in [2.75, 3.05) is 30.5 Å². The van der Waals surface area contributed by atoms with Crippen molar-refractivity contribution in [3.05, 3.63) is 0 Å². The highest BCUT2D eigenvalue weighted by molar-refractivity contribution is 9.09. The number of carbonyl (C=O) groups excluding carboxylic acids is 2. The number of alkyl halides is 2. The average Bonchev–Trinajstić information content (AvgIpc) is 2.34. The van der Waals surface area contributed by atoms with Crippen molar-refractivity contribution >= 4 is 49.8 Å². The molecule has 0 aromatic rings. The van der Waals surface area contributed by atoms with Gasteiger partial charge in [-0.05, 0) is 0 Å². The number of carboxylic acids is 1. The van der Waals surface area contributed by atoms with Crippen LogP contribution in [0.4, 0.5) is 0 Å². The molecule has 0 aromatic heterocycles. The van der Waals surface area contributed by atoms with Gasteiger partial charge in [-0.25, -0.2) is 4.79 Å². The molecule has 0 aromatic carbocycles. The van der Waals surface area contributed by atoms with E-state index in [2.05, 4.69) is 41.3 Å². The normalized spacial score (nSPS) is 8.65. The third-order valence-corrected chi connectivity index (χ3v) is 1.88. The fourth-order valence-electron chi connectivity index (χ4n) is 0.388. The van der Waals surface area contributed by atoms with E-state index in [4.69, 9.17) is 15.0 Å². The Morgan fingerprint density at radius 1 is 0.941 bits per heavy atom. The second-order valence-electron chi connectivity index (χ2n) is 2.26. The molecule has 0 unspecified atom stereocenters. The zero-order valence-electron chi connectivity index (χ0n) is 8.73. The van der Waals surface area contributed by atoms with Crippen LogP contribution in [0.15, 0.2) is 0 Å². The maximum absolute atomic E-state index is 10.5. The maximum atomic E-state index is 10.5. The van der Waals surface area contributed by atoms with Crippen molar-refractivity contribution in [2.45, 2.75) is 0 Å². The highest BCUT2D eigenvalue weighted by Gasteiger charge is 2.01. The first-order chi connectivity index (χ1) is 7.97. The summed E-state index contributed by atoms with van der Waals surface area (Å²) in [5.41, 5.74) is 0. The van der Waals surface area contributed by atoms with Gasteiger partial charge in [0.05, 0.1) is 0 Å². The smallest absolute Gasteiger partial charge is 0.329 e. The summed E-state index contributed by atoms with van der Waals surface area (Å²) >= 11 is 5.84. The van der Waals surface area contributed by atoms with Crippen molar-refractivity contribution in [3.8, 4) is 0 Å². The van der Waals surface area contributed by atoms with Crippen LogP contribution in [0.3, 0.4) is 0 Å². The molecule has 2 N–H and O–H groups in total. The van der Waals surface area contributed by atoms with E-state index < -0.39 is 12.6 Å². The van der Waals surface area contributed by atoms with Crippen LogP contribution in [0, 0.1) is 0 Å². The SMILES string of the molecule is O=C(CBr)OCCOC(=O)CBr.O=C(O)CO. The minimum Gasteiger partial charge on any atom is -0.480 e. The Morgan fingerprint density at radius 2 is 1.24 bits per heavy atom. The summed E-state index contributed by atoms with van der Waals surface area (Å²) in [6.07, 6.45) is 0. The highest BCUT2D eigenvalue weighted by Crippen LogP contribution is 1.88. The first-order valence-electron chi connectivity index (χ1n) is 4.23. The van der Waals surface area contributed by atoms with Crippen LogP contribution in [0.25, 0.3) is 0 Å². The molecule has 0 aliphatic heterocycles. The summed E-state index contributed by atoms with van der Waals surface area (Å²) in [6, 6.07) is 0. The summed E-state index contributed by atoms with van der Waals surface area (Å²) < 4.78 is 9.22. The van der Waals surface area contributed by atoms with Crippen LogP contribution in [-0.2, 0) is 23.9 Å². The number of hydrogen-bond donors (Lipinski definition) is 2. The molecule has 0 bridgehead atoms. The third-order valence-electron chi connectivity index (χ3n) is 0.963. The molecule has 9 heteroatoms. The number of aliphatic hydroxyl groups excluding tert-OH is 1. The number of carboxylic acid groups (broad SMARTS) is 1. The van der Waals surface area contributed by atoms with E-state index >= 15 is 0 Å². The predicted molar refractivity (Wildman–Crippen MR) is 64.2 cm³/mol. The molecule has 0 radical (unpaired) electrons. The molecule has 0 aliphatic rings. The molecule has 0 fully saturated rings. The third kappa shape index (κ3) is 17.9. The predicted octanol–water partition coefficient (Wildman–Crippen LogP) is -0.0741. The summed E-state index contributed by atoms with van der Waals surface area (Å²) in [5.74, 6) is -1.93. The van der Waals surface area contributed by atoms with Crippen molar-refractivity contribution in [1.29, 1.82) is 0 Å². The number of esters is 2. The van der Waals surface area contributed by atoms with Gasteiger partial charge in [-0.2, -0.15) is 0 Å². The molecule has 0 aliphatic carbocycles. The molecular weight excluding hydrogens is 368 g/mol. The second kappa shape index (κ2) is 13.4. The van der Waals surface area contributed by atoms with Crippen molar-refractivity contribution in [3.63, 3.8) is 0 Å². The van der Waals surface area contributed by atoms with E-state index in [1.54, 1.807) is 0 Å². The number of carbonyl (C=O) groups is 3. The molecule has 0 saturated carbocycles. The van der Waals surface area contributed by atoms with Crippen molar-refractivity contribution in [1.82, 2.24) is 0 Å². The van der Waals surface area contributed by atoms with Crippen LogP contribution < -0.4 is 0 Å². The van der Waals surface area contributed by atoms with Crippen molar-refractivity contribution < 1.29 is 34.1 Å². The molecule has 100 valence electrons. The van der Waals surface area contributed by atoms with Gasteiger partial charge in [-0.1, -0.05) is 31.9 Å². The Bertz CT molecular complexity index is 226. The lowest BCUT2D eigenvalue weighted by molar-refractivity contribution is -0.148. The average molecular weight is 380 g/mol. The number of ether oxygens (including phenoxy) is 2. The van der Waals surface area contributed by atoms with Gasteiger partial charge in [0.15, 0.2) is 0 Å². The van der Waals surface area contributed by atoms with Gasteiger partial charge in [0.25, 0.3) is 0 Å². The molecule has 0 amide bonds. The van der Waals surface area contributed by atoms with Gasteiger partial charge >= 0.3 is 17.9 Å². The number of halogens is 2. The summed E-state index contributed by atoms with van der Waals surface area (Å²) in [4.78, 5) is 30.1. The van der Waals surface area contributed by atoms with E-state index in [1.807, 2.05) is 0 Å². The molecule has 0 spiro atoms. The standard InChI is InChI=1S/C6H8Br2O4.C2H4O3/c7-3-5(9)11-1-2-12-6(10)4-8;3-1-2(4)5/h1-4H2;3H,1H2,(H,4,5). The number of rotatable bonds is 6. The van der Waals surface area contributed by atoms with Crippen LogP contribution in [0.2, 0.25) is 0 Å². The quantitative estimate of drug-likeness (QED) is 0.377. The van der Waals surface area contributed by atoms with E-state index in [0.29, 0.717) is 0 Å². The van der Waals surface area contributed by atoms with Crippen LogP contribution in [-0.4, -0.2) is 58.6 Å². The van der Waals surface area contributed by atoms with Gasteiger partial charge in [-0.15, -0.1) is 0 Å². The monoisotopic (exact) mass is 378 g/mol. The molecule has 0 atom stereocenters. The zero-order chi connectivity index (χ0) is 13.7. The van der Waals surface area contributed by atoms with Gasteiger partial charge in [0, 0.05) is 0 Å².